The number of aromatic nitrogens is 4. The van der Waals surface area contributed by atoms with E-state index in [4.69, 9.17) is 0 Å². The molecule has 2 heterocycles. The quantitative estimate of drug-likeness (QED) is 0.757. The van der Waals surface area contributed by atoms with Crippen LogP contribution in [0.3, 0.4) is 0 Å². The molecule has 2 aromatic heterocycles. The minimum atomic E-state index is 0.187. The molecule has 1 aromatic carbocycles. The summed E-state index contributed by atoms with van der Waals surface area (Å²) in [6, 6.07) is 12.6. The summed E-state index contributed by atoms with van der Waals surface area (Å²) in [5.74, 6) is 2.66. The van der Waals surface area contributed by atoms with Gasteiger partial charge in [0.25, 0.3) is 0 Å². The molecule has 0 radical (unpaired) electrons. The number of rotatable bonds is 6. The summed E-state index contributed by atoms with van der Waals surface area (Å²) in [6.45, 7) is 4.83. The average molecular weight is 307 g/mol. The van der Waals surface area contributed by atoms with Crippen molar-refractivity contribution in [1.29, 1.82) is 0 Å². The Kier molecular flexibility index (Phi) is 4.66. The first-order valence-corrected chi connectivity index (χ1v) is 7.81. The van der Waals surface area contributed by atoms with Crippen LogP contribution in [0.1, 0.15) is 29.7 Å². The van der Waals surface area contributed by atoms with Gasteiger partial charge in [0.1, 0.15) is 17.5 Å². The molecular formula is C18H21N5. The summed E-state index contributed by atoms with van der Waals surface area (Å²) in [7, 11) is 0. The number of nitrogens with zero attached hydrogens (tertiary/aromatic N) is 4. The lowest BCUT2D eigenvalue weighted by atomic mass is 10.0. The normalized spacial score (nSPS) is 12.1. The highest BCUT2D eigenvalue weighted by Gasteiger charge is 2.12. The van der Waals surface area contributed by atoms with Crippen LogP contribution in [-0.2, 0) is 6.54 Å². The van der Waals surface area contributed by atoms with E-state index in [0.29, 0.717) is 0 Å². The van der Waals surface area contributed by atoms with Crippen LogP contribution in [0.2, 0.25) is 0 Å². The van der Waals surface area contributed by atoms with Crippen LogP contribution < -0.4 is 5.32 Å². The zero-order chi connectivity index (χ0) is 16.1. The van der Waals surface area contributed by atoms with Gasteiger partial charge in [0.15, 0.2) is 0 Å². The number of benzene rings is 1. The maximum Gasteiger partial charge on any atom is 0.130 e. The monoisotopic (exact) mass is 307 g/mol. The SMILES string of the molecule is Cc1nccc(NC(CCn2ccnc2C)c2ccccc2)n1. The van der Waals surface area contributed by atoms with Crippen molar-refractivity contribution in [2.45, 2.75) is 32.9 Å². The first-order valence-electron chi connectivity index (χ1n) is 7.81. The van der Waals surface area contributed by atoms with E-state index in [2.05, 4.69) is 49.1 Å². The summed E-state index contributed by atoms with van der Waals surface area (Å²) < 4.78 is 2.17. The molecule has 0 spiro atoms. The standard InChI is InChI=1S/C18H21N5/c1-14-19-10-8-18(21-14)22-17(16-6-4-3-5-7-16)9-12-23-13-11-20-15(23)2/h3-8,10-11,13,17H,9,12H2,1-2H3,(H,19,21,22). The highest BCUT2D eigenvalue weighted by molar-refractivity contribution is 5.37. The van der Waals surface area contributed by atoms with Crippen molar-refractivity contribution >= 4 is 5.82 Å². The Bertz CT molecular complexity index is 751. The number of nitrogens with one attached hydrogen (secondary N) is 1. The van der Waals surface area contributed by atoms with E-state index in [-0.39, 0.29) is 6.04 Å². The van der Waals surface area contributed by atoms with E-state index in [9.17, 15) is 0 Å². The average Bonchev–Trinajstić information content (AvgIpc) is 2.97. The van der Waals surface area contributed by atoms with Gasteiger partial charge in [0.2, 0.25) is 0 Å². The Labute approximate surface area is 136 Å². The molecule has 0 saturated heterocycles. The number of hydrogen-bond donors (Lipinski definition) is 1. The van der Waals surface area contributed by atoms with Crippen LogP contribution in [0.15, 0.2) is 55.0 Å². The van der Waals surface area contributed by atoms with Gasteiger partial charge in [-0.3, -0.25) is 0 Å². The molecule has 0 aliphatic heterocycles. The summed E-state index contributed by atoms with van der Waals surface area (Å²) in [4.78, 5) is 12.9. The maximum absolute atomic E-state index is 4.46. The molecule has 3 rings (SSSR count). The number of anilines is 1. The summed E-state index contributed by atoms with van der Waals surface area (Å²) in [5, 5.41) is 3.53. The highest BCUT2D eigenvalue weighted by Crippen LogP contribution is 2.22. The van der Waals surface area contributed by atoms with Gasteiger partial charge in [0, 0.05) is 25.1 Å². The fourth-order valence-electron chi connectivity index (χ4n) is 2.63. The lowest BCUT2D eigenvalue weighted by Crippen LogP contribution is -2.15. The predicted molar refractivity (Wildman–Crippen MR) is 91.2 cm³/mol. The number of imidazole rings is 1. The molecule has 0 saturated carbocycles. The van der Waals surface area contributed by atoms with Crippen molar-refractivity contribution in [3.63, 3.8) is 0 Å². The van der Waals surface area contributed by atoms with Crippen molar-refractivity contribution in [3.05, 3.63) is 72.2 Å². The minimum absolute atomic E-state index is 0.187. The second-order valence-electron chi connectivity index (χ2n) is 5.55. The van der Waals surface area contributed by atoms with Crippen LogP contribution in [0, 0.1) is 13.8 Å². The minimum Gasteiger partial charge on any atom is -0.363 e. The van der Waals surface area contributed by atoms with Crippen LogP contribution in [-0.4, -0.2) is 19.5 Å². The lowest BCUT2D eigenvalue weighted by molar-refractivity contribution is 0.572. The van der Waals surface area contributed by atoms with Gasteiger partial charge in [-0.15, -0.1) is 0 Å². The van der Waals surface area contributed by atoms with Crippen molar-refractivity contribution in [2.75, 3.05) is 5.32 Å². The Morgan fingerprint density at radius 1 is 1.04 bits per heavy atom. The molecule has 1 atom stereocenters. The van der Waals surface area contributed by atoms with Crippen LogP contribution >= 0.6 is 0 Å². The molecule has 5 heteroatoms. The predicted octanol–water partition coefficient (Wildman–Crippen LogP) is 3.53. The van der Waals surface area contributed by atoms with E-state index in [1.807, 2.05) is 38.4 Å². The largest absolute Gasteiger partial charge is 0.363 e. The number of aryl methyl sites for hydroxylation is 3. The van der Waals surface area contributed by atoms with Gasteiger partial charge >= 0.3 is 0 Å². The summed E-state index contributed by atoms with van der Waals surface area (Å²) in [5.41, 5.74) is 1.25. The first kappa shape index (κ1) is 15.2. The Morgan fingerprint density at radius 2 is 1.87 bits per heavy atom. The smallest absolute Gasteiger partial charge is 0.130 e. The molecule has 1 N–H and O–H groups in total. The van der Waals surface area contributed by atoms with E-state index in [1.54, 1.807) is 6.20 Å². The molecule has 0 aliphatic rings. The summed E-state index contributed by atoms with van der Waals surface area (Å²) in [6.07, 6.45) is 6.59. The Balaban J connectivity index is 1.78. The van der Waals surface area contributed by atoms with Gasteiger partial charge in [-0.05, 0) is 31.9 Å². The Morgan fingerprint density at radius 3 is 2.57 bits per heavy atom. The molecule has 3 aromatic rings. The first-order chi connectivity index (χ1) is 11.2. The van der Waals surface area contributed by atoms with Gasteiger partial charge in [0.05, 0.1) is 6.04 Å². The molecule has 0 amide bonds. The van der Waals surface area contributed by atoms with E-state index in [1.165, 1.54) is 5.56 Å². The van der Waals surface area contributed by atoms with Crippen molar-refractivity contribution < 1.29 is 0 Å². The second kappa shape index (κ2) is 7.05. The third-order valence-electron chi connectivity index (χ3n) is 3.88. The number of hydrogen-bond acceptors (Lipinski definition) is 4. The van der Waals surface area contributed by atoms with Crippen molar-refractivity contribution in [1.82, 2.24) is 19.5 Å². The molecular weight excluding hydrogens is 286 g/mol. The van der Waals surface area contributed by atoms with Crippen LogP contribution in [0.4, 0.5) is 5.82 Å². The molecule has 1 unspecified atom stereocenters. The van der Waals surface area contributed by atoms with E-state index < -0.39 is 0 Å². The third-order valence-corrected chi connectivity index (χ3v) is 3.88. The van der Waals surface area contributed by atoms with Crippen molar-refractivity contribution in [3.8, 4) is 0 Å². The van der Waals surface area contributed by atoms with Gasteiger partial charge < -0.3 is 9.88 Å². The third kappa shape index (κ3) is 3.94. The molecule has 0 aliphatic carbocycles. The van der Waals surface area contributed by atoms with Crippen LogP contribution in [0.5, 0.6) is 0 Å². The molecule has 5 nitrogen and oxygen atoms in total. The molecule has 0 fully saturated rings. The zero-order valence-corrected chi connectivity index (χ0v) is 13.5. The van der Waals surface area contributed by atoms with Crippen LogP contribution in [0.25, 0.3) is 0 Å². The van der Waals surface area contributed by atoms with Crippen molar-refractivity contribution in [2.24, 2.45) is 0 Å². The fraction of sp³-hybridized carbons (Fsp3) is 0.278. The molecule has 118 valence electrons. The van der Waals surface area contributed by atoms with E-state index in [0.717, 1.165) is 30.4 Å². The lowest BCUT2D eigenvalue weighted by Gasteiger charge is -2.20. The van der Waals surface area contributed by atoms with Gasteiger partial charge in [-0.1, -0.05) is 30.3 Å². The topological polar surface area (TPSA) is 55.6 Å². The second-order valence-corrected chi connectivity index (χ2v) is 5.55. The van der Waals surface area contributed by atoms with Gasteiger partial charge in [-0.2, -0.15) is 0 Å². The Hall–Kier alpha value is -2.69. The van der Waals surface area contributed by atoms with Gasteiger partial charge in [-0.25, -0.2) is 15.0 Å². The molecule has 23 heavy (non-hydrogen) atoms. The van der Waals surface area contributed by atoms with E-state index >= 15 is 0 Å². The highest BCUT2D eigenvalue weighted by atomic mass is 15.1. The fourth-order valence-corrected chi connectivity index (χ4v) is 2.63. The maximum atomic E-state index is 4.46. The summed E-state index contributed by atoms with van der Waals surface area (Å²) >= 11 is 0. The zero-order valence-electron chi connectivity index (χ0n) is 13.5. The molecule has 0 bridgehead atoms.